The summed E-state index contributed by atoms with van der Waals surface area (Å²) in [6.07, 6.45) is 1.74. The first-order valence-electron chi connectivity index (χ1n) is 5.72. The fourth-order valence-electron chi connectivity index (χ4n) is 2.08. The number of aromatic nitrogens is 1. The fraction of sp³-hybridized carbons (Fsp3) is 0. The molecule has 0 unspecified atom stereocenters. The van der Waals surface area contributed by atoms with E-state index in [1.807, 2.05) is 36.4 Å². The van der Waals surface area contributed by atoms with Crippen LogP contribution < -0.4 is 0 Å². The molecule has 0 saturated heterocycles. The molecule has 0 aliphatic heterocycles. The van der Waals surface area contributed by atoms with Crippen LogP contribution in [0, 0.1) is 3.57 Å². The van der Waals surface area contributed by atoms with Crippen molar-refractivity contribution in [3.63, 3.8) is 0 Å². The molecule has 0 aliphatic rings. The number of hydrogen-bond donors (Lipinski definition) is 1. The van der Waals surface area contributed by atoms with E-state index in [1.54, 1.807) is 12.3 Å². The van der Waals surface area contributed by atoms with Crippen molar-refractivity contribution < 1.29 is 4.79 Å². The third kappa shape index (κ3) is 2.28. The van der Waals surface area contributed by atoms with E-state index >= 15 is 0 Å². The SMILES string of the molecule is O=C(c1ccccc1I)c1c[nH]c2cc(Cl)ccc12. The maximum atomic E-state index is 12.6. The maximum Gasteiger partial charge on any atom is 0.196 e. The standard InChI is InChI=1S/C15H9ClINO/c16-9-5-6-10-12(8-18-14(10)7-9)15(19)11-3-1-2-4-13(11)17/h1-8,18H. The van der Waals surface area contributed by atoms with Crippen molar-refractivity contribution in [2.75, 3.05) is 0 Å². The van der Waals surface area contributed by atoms with Gasteiger partial charge in [-0.25, -0.2) is 0 Å². The number of benzene rings is 2. The van der Waals surface area contributed by atoms with Crippen LogP contribution in [0.5, 0.6) is 0 Å². The number of ketones is 1. The highest BCUT2D eigenvalue weighted by Crippen LogP contribution is 2.25. The lowest BCUT2D eigenvalue weighted by molar-refractivity contribution is 0.103. The van der Waals surface area contributed by atoms with Crippen LogP contribution in [0.4, 0.5) is 0 Å². The molecule has 1 heterocycles. The molecule has 0 saturated carbocycles. The van der Waals surface area contributed by atoms with Gasteiger partial charge in [-0.3, -0.25) is 4.79 Å². The van der Waals surface area contributed by atoms with Crippen LogP contribution in [0.15, 0.2) is 48.7 Å². The molecule has 1 N–H and O–H groups in total. The van der Waals surface area contributed by atoms with Crippen LogP contribution in [0.3, 0.4) is 0 Å². The molecule has 0 amide bonds. The third-order valence-electron chi connectivity index (χ3n) is 3.01. The quantitative estimate of drug-likeness (QED) is 0.508. The van der Waals surface area contributed by atoms with E-state index in [-0.39, 0.29) is 5.78 Å². The molecule has 3 rings (SSSR count). The molecule has 3 aromatic rings. The molecule has 2 nitrogen and oxygen atoms in total. The van der Waals surface area contributed by atoms with Crippen molar-refractivity contribution in [1.82, 2.24) is 4.98 Å². The number of hydrogen-bond acceptors (Lipinski definition) is 1. The Balaban J connectivity index is 2.15. The first-order valence-corrected chi connectivity index (χ1v) is 7.18. The van der Waals surface area contributed by atoms with Crippen molar-refractivity contribution >= 4 is 50.9 Å². The van der Waals surface area contributed by atoms with Gasteiger partial charge in [-0.1, -0.05) is 29.8 Å². The second kappa shape index (κ2) is 4.98. The molecular weight excluding hydrogens is 373 g/mol. The molecule has 0 atom stereocenters. The summed E-state index contributed by atoms with van der Waals surface area (Å²) in [5.74, 6) is 0.0265. The topological polar surface area (TPSA) is 32.9 Å². The van der Waals surface area contributed by atoms with Gasteiger partial charge < -0.3 is 4.98 Å². The van der Waals surface area contributed by atoms with Crippen LogP contribution in [0.1, 0.15) is 15.9 Å². The average molecular weight is 382 g/mol. The van der Waals surface area contributed by atoms with E-state index in [0.717, 1.165) is 20.0 Å². The lowest BCUT2D eigenvalue weighted by atomic mass is 10.0. The van der Waals surface area contributed by atoms with Crippen LogP contribution >= 0.6 is 34.2 Å². The summed E-state index contributed by atoms with van der Waals surface area (Å²) in [5.41, 5.74) is 2.27. The Morgan fingerprint density at radius 1 is 1.11 bits per heavy atom. The van der Waals surface area contributed by atoms with Crippen LogP contribution in [0.25, 0.3) is 10.9 Å². The highest BCUT2D eigenvalue weighted by Gasteiger charge is 2.16. The van der Waals surface area contributed by atoms with Gasteiger partial charge in [0.05, 0.1) is 0 Å². The number of aromatic amines is 1. The maximum absolute atomic E-state index is 12.6. The summed E-state index contributed by atoms with van der Waals surface area (Å²) in [4.78, 5) is 15.7. The minimum absolute atomic E-state index is 0.0265. The van der Waals surface area contributed by atoms with Crippen LogP contribution in [-0.4, -0.2) is 10.8 Å². The Morgan fingerprint density at radius 2 is 1.89 bits per heavy atom. The number of fused-ring (bicyclic) bond motifs is 1. The number of halogens is 2. The summed E-state index contributed by atoms with van der Waals surface area (Å²) in [7, 11) is 0. The van der Waals surface area contributed by atoms with Crippen LogP contribution in [-0.2, 0) is 0 Å². The zero-order valence-electron chi connectivity index (χ0n) is 9.78. The second-order valence-corrected chi connectivity index (χ2v) is 5.80. The largest absolute Gasteiger partial charge is 0.360 e. The Labute approximate surface area is 128 Å². The van der Waals surface area contributed by atoms with Gasteiger partial charge in [-0.05, 0) is 46.9 Å². The minimum Gasteiger partial charge on any atom is -0.360 e. The molecule has 1 aromatic heterocycles. The second-order valence-electron chi connectivity index (χ2n) is 4.20. The number of H-pyrrole nitrogens is 1. The summed E-state index contributed by atoms with van der Waals surface area (Å²) >= 11 is 8.12. The molecule has 0 spiro atoms. The number of rotatable bonds is 2. The summed E-state index contributed by atoms with van der Waals surface area (Å²) in [6, 6.07) is 13.1. The molecule has 0 fully saturated rings. The van der Waals surface area contributed by atoms with Crippen molar-refractivity contribution in [2.24, 2.45) is 0 Å². The predicted molar refractivity (Wildman–Crippen MR) is 85.9 cm³/mol. The van der Waals surface area contributed by atoms with E-state index < -0.39 is 0 Å². The van der Waals surface area contributed by atoms with Gasteiger partial charge in [0.25, 0.3) is 0 Å². The number of carbonyl (C=O) groups excluding carboxylic acids is 1. The highest BCUT2D eigenvalue weighted by atomic mass is 127. The van der Waals surface area contributed by atoms with Gasteiger partial charge in [0, 0.05) is 36.8 Å². The average Bonchev–Trinajstić information content (AvgIpc) is 2.81. The Kier molecular flexibility index (Phi) is 3.33. The van der Waals surface area contributed by atoms with Crippen molar-refractivity contribution in [3.8, 4) is 0 Å². The van der Waals surface area contributed by atoms with Crippen molar-refractivity contribution in [1.29, 1.82) is 0 Å². The molecule has 4 heteroatoms. The van der Waals surface area contributed by atoms with Gasteiger partial charge >= 0.3 is 0 Å². The Hall–Kier alpha value is -1.33. The van der Waals surface area contributed by atoms with E-state index in [9.17, 15) is 4.79 Å². The fourth-order valence-corrected chi connectivity index (χ4v) is 2.88. The minimum atomic E-state index is 0.0265. The smallest absolute Gasteiger partial charge is 0.196 e. The first-order chi connectivity index (χ1) is 9.16. The van der Waals surface area contributed by atoms with Gasteiger partial charge in [0.1, 0.15) is 0 Å². The van der Waals surface area contributed by atoms with Gasteiger partial charge in [-0.15, -0.1) is 0 Å². The molecule has 0 aliphatic carbocycles. The predicted octanol–water partition coefficient (Wildman–Crippen LogP) is 4.66. The van der Waals surface area contributed by atoms with Gasteiger partial charge in [0.15, 0.2) is 5.78 Å². The normalized spacial score (nSPS) is 10.8. The Morgan fingerprint density at radius 3 is 2.68 bits per heavy atom. The summed E-state index contributed by atoms with van der Waals surface area (Å²) in [5, 5.41) is 1.55. The van der Waals surface area contributed by atoms with Gasteiger partial charge in [-0.2, -0.15) is 0 Å². The Bertz CT molecular complexity index is 779. The van der Waals surface area contributed by atoms with Crippen molar-refractivity contribution in [2.45, 2.75) is 0 Å². The monoisotopic (exact) mass is 381 g/mol. The zero-order chi connectivity index (χ0) is 13.4. The van der Waals surface area contributed by atoms with Gasteiger partial charge in [0.2, 0.25) is 0 Å². The molecular formula is C15H9ClINO. The summed E-state index contributed by atoms with van der Waals surface area (Å²) < 4.78 is 0.952. The van der Waals surface area contributed by atoms with E-state index in [1.165, 1.54) is 0 Å². The first kappa shape index (κ1) is 12.7. The molecule has 94 valence electrons. The highest BCUT2D eigenvalue weighted by molar-refractivity contribution is 14.1. The molecule has 0 bridgehead atoms. The number of carbonyl (C=O) groups is 1. The van der Waals surface area contributed by atoms with Crippen molar-refractivity contribution in [3.05, 3.63) is 68.4 Å². The molecule has 2 aromatic carbocycles. The van der Waals surface area contributed by atoms with Crippen LogP contribution in [0.2, 0.25) is 5.02 Å². The van der Waals surface area contributed by atoms with E-state index in [2.05, 4.69) is 27.6 Å². The van der Waals surface area contributed by atoms with E-state index in [4.69, 9.17) is 11.6 Å². The third-order valence-corrected chi connectivity index (χ3v) is 4.18. The molecule has 19 heavy (non-hydrogen) atoms. The lowest BCUT2D eigenvalue weighted by Gasteiger charge is -2.02. The number of nitrogens with one attached hydrogen (secondary N) is 1. The molecule has 0 radical (unpaired) electrons. The summed E-state index contributed by atoms with van der Waals surface area (Å²) in [6.45, 7) is 0. The zero-order valence-corrected chi connectivity index (χ0v) is 12.7. The lowest BCUT2D eigenvalue weighted by Crippen LogP contribution is -2.02. The van der Waals surface area contributed by atoms with E-state index in [0.29, 0.717) is 10.6 Å².